The molecule has 1 aromatic heterocycles. The van der Waals surface area contributed by atoms with Crippen LogP contribution in [0.15, 0.2) is 35.1 Å². The molecule has 3 rings (SSSR count). The number of morpholine rings is 1. The van der Waals surface area contributed by atoms with E-state index >= 15 is 0 Å². The number of hydrogen-bond donors (Lipinski definition) is 3. The maximum atomic E-state index is 12.4. The summed E-state index contributed by atoms with van der Waals surface area (Å²) in [5.41, 5.74) is 6.11. The summed E-state index contributed by atoms with van der Waals surface area (Å²) in [4.78, 5) is 44.0. The van der Waals surface area contributed by atoms with Crippen molar-refractivity contribution >= 4 is 23.5 Å². The smallest absolute Gasteiger partial charge is 0.404 e. The molecule has 4 N–H and O–H groups in total. The molecule has 2 aromatic rings. The van der Waals surface area contributed by atoms with Gasteiger partial charge in [0.2, 0.25) is 5.91 Å². The Bertz CT molecular complexity index is 923. The topological polar surface area (TPSA) is 140 Å². The van der Waals surface area contributed by atoms with Crippen molar-refractivity contribution in [2.75, 3.05) is 43.1 Å². The highest BCUT2D eigenvalue weighted by Gasteiger charge is 2.15. The minimum Gasteiger partial charge on any atom is -0.449 e. The number of hydrogen-bond acceptors (Lipinski definition) is 7. The fraction of sp³-hybridized carbons (Fsp3) is 0.368. The molecule has 0 radical (unpaired) electrons. The van der Waals surface area contributed by atoms with E-state index in [0.29, 0.717) is 50.1 Å². The Hall–Kier alpha value is -3.40. The molecule has 1 aromatic carbocycles. The van der Waals surface area contributed by atoms with Gasteiger partial charge in [-0.25, -0.2) is 9.78 Å². The fourth-order valence-corrected chi connectivity index (χ4v) is 2.96. The van der Waals surface area contributed by atoms with Crippen LogP contribution in [0.1, 0.15) is 11.4 Å². The molecule has 29 heavy (non-hydrogen) atoms. The number of aromatic nitrogens is 2. The predicted molar refractivity (Wildman–Crippen MR) is 106 cm³/mol. The molecule has 0 unspecified atom stereocenters. The van der Waals surface area contributed by atoms with Crippen molar-refractivity contribution in [3.63, 3.8) is 0 Å². The van der Waals surface area contributed by atoms with Gasteiger partial charge in [-0.2, -0.15) is 0 Å². The predicted octanol–water partition coefficient (Wildman–Crippen LogP) is 0.426. The lowest BCUT2D eigenvalue weighted by atomic mass is 10.1. The summed E-state index contributed by atoms with van der Waals surface area (Å²) in [7, 11) is 0. The van der Waals surface area contributed by atoms with Crippen LogP contribution in [0.25, 0.3) is 0 Å². The van der Waals surface area contributed by atoms with Crippen LogP contribution in [-0.4, -0.2) is 54.9 Å². The van der Waals surface area contributed by atoms with E-state index in [1.165, 1.54) is 6.07 Å². The highest BCUT2D eigenvalue weighted by Crippen LogP contribution is 2.13. The molecule has 0 aliphatic carbocycles. The van der Waals surface area contributed by atoms with Gasteiger partial charge >= 0.3 is 6.09 Å². The van der Waals surface area contributed by atoms with Gasteiger partial charge < -0.3 is 30.4 Å². The Morgan fingerprint density at radius 2 is 2.07 bits per heavy atom. The highest BCUT2D eigenvalue weighted by atomic mass is 16.5. The molecule has 1 aliphatic heterocycles. The summed E-state index contributed by atoms with van der Waals surface area (Å²) >= 11 is 0. The Morgan fingerprint density at radius 1 is 1.28 bits per heavy atom. The molecule has 0 bridgehead atoms. The zero-order valence-electron chi connectivity index (χ0n) is 15.8. The standard InChI is InChI=1S/C19H23N5O5/c20-19(27)29-7-4-13-2-1-3-14(10-13)21-17(25)11-15-22-16(12-18(26)23-15)24-5-8-28-9-6-24/h1-3,10,12H,4-9,11H2,(H2,20,27)(H,21,25)(H,22,23,26). The van der Waals surface area contributed by atoms with Crippen LogP contribution in [-0.2, 0) is 27.1 Å². The average molecular weight is 401 g/mol. The summed E-state index contributed by atoms with van der Waals surface area (Å²) in [6.07, 6.45) is -0.416. The second kappa shape index (κ2) is 9.69. The third-order valence-electron chi connectivity index (χ3n) is 4.29. The molecular formula is C19H23N5O5. The number of benzene rings is 1. The van der Waals surface area contributed by atoms with E-state index in [2.05, 4.69) is 15.3 Å². The number of nitrogens with one attached hydrogen (secondary N) is 2. The zero-order valence-corrected chi connectivity index (χ0v) is 15.8. The first-order valence-electron chi connectivity index (χ1n) is 9.23. The van der Waals surface area contributed by atoms with E-state index < -0.39 is 6.09 Å². The largest absolute Gasteiger partial charge is 0.449 e. The lowest BCUT2D eigenvalue weighted by Crippen LogP contribution is -2.37. The maximum absolute atomic E-state index is 12.4. The van der Waals surface area contributed by atoms with E-state index in [1.54, 1.807) is 18.2 Å². The number of ether oxygens (including phenoxy) is 2. The lowest BCUT2D eigenvalue weighted by molar-refractivity contribution is -0.115. The minimum absolute atomic E-state index is 0.0670. The summed E-state index contributed by atoms with van der Waals surface area (Å²) in [6.45, 7) is 2.60. The molecule has 1 aliphatic rings. The number of nitrogens with zero attached hydrogens (tertiary/aromatic N) is 2. The van der Waals surface area contributed by atoms with Crippen LogP contribution in [0.5, 0.6) is 0 Å². The number of carbonyl (C=O) groups is 2. The number of aromatic amines is 1. The third-order valence-corrected chi connectivity index (χ3v) is 4.29. The van der Waals surface area contributed by atoms with Crippen molar-refractivity contribution in [3.8, 4) is 0 Å². The van der Waals surface area contributed by atoms with Crippen molar-refractivity contribution in [2.45, 2.75) is 12.8 Å². The van der Waals surface area contributed by atoms with Gasteiger partial charge in [-0.1, -0.05) is 12.1 Å². The van der Waals surface area contributed by atoms with Crippen LogP contribution in [0.2, 0.25) is 0 Å². The minimum atomic E-state index is -0.824. The normalized spacial score (nSPS) is 13.7. The van der Waals surface area contributed by atoms with Gasteiger partial charge in [0.1, 0.15) is 11.6 Å². The van der Waals surface area contributed by atoms with E-state index in [4.69, 9.17) is 15.2 Å². The Balaban J connectivity index is 1.61. The van der Waals surface area contributed by atoms with Gasteiger partial charge in [0.05, 0.1) is 26.2 Å². The maximum Gasteiger partial charge on any atom is 0.404 e. The van der Waals surface area contributed by atoms with Crippen LogP contribution in [0.4, 0.5) is 16.3 Å². The molecule has 1 fully saturated rings. The number of carbonyl (C=O) groups excluding carboxylic acids is 2. The SMILES string of the molecule is NC(=O)OCCc1cccc(NC(=O)Cc2nc(N3CCOCC3)cc(=O)[nH]2)c1. The van der Waals surface area contributed by atoms with E-state index in [1.807, 2.05) is 11.0 Å². The number of H-pyrrole nitrogens is 1. The molecule has 10 nitrogen and oxygen atoms in total. The molecular weight excluding hydrogens is 378 g/mol. The van der Waals surface area contributed by atoms with Crippen molar-refractivity contribution < 1.29 is 19.1 Å². The van der Waals surface area contributed by atoms with Gasteiger partial charge in [0.15, 0.2) is 0 Å². The van der Waals surface area contributed by atoms with Gasteiger partial charge in [-0.15, -0.1) is 0 Å². The first-order valence-corrected chi connectivity index (χ1v) is 9.23. The molecule has 2 heterocycles. The third kappa shape index (κ3) is 6.32. The first-order chi connectivity index (χ1) is 14.0. The fourth-order valence-electron chi connectivity index (χ4n) is 2.96. The van der Waals surface area contributed by atoms with Crippen molar-refractivity contribution in [3.05, 3.63) is 52.1 Å². The van der Waals surface area contributed by atoms with E-state index in [0.717, 1.165) is 5.56 Å². The Labute approximate surface area is 167 Å². The molecule has 1 saturated heterocycles. The van der Waals surface area contributed by atoms with Crippen molar-refractivity contribution in [1.29, 1.82) is 0 Å². The van der Waals surface area contributed by atoms with Crippen molar-refractivity contribution in [1.82, 2.24) is 9.97 Å². The van der Waals surface area contributed by atoms with Crippen molar-refractivity contribution in [2.24, 2.45) is 5.73 Å². The monoisotopic (exact) mass is 401 g/mol. The van der Waals surface area contributed by atoms with E-state index in [-0.39, 0.29) is 24.5 Å². The molecule has 154 valence electrons. The van der Waals surface area contributed by atoms with E-state index in [9.17, 15) is 14.4 Å². The lowest BCUT2D eigenvalue weighted by Gasteiger charge is -2.27. The number of rotatable bonds is 7. The Kier molecular flexibility index (Phi) is 6.80. The highest BCUT2D eigenvalue weighted by molar-refractivity contribution is 5.91. The summed E-state index contributed by atoms with van der Waals surface area (Å²) in [5, 5.41) is 2.78. The van der Waals surface area contributed by atoms with Gasteiger partial charge in [-0.05, 0) is 17.7 Å². The summed E-state index contributed by atoms with van der Waals surface area (Å²) in [5.74, 6) is 0.525. The number of primary amides is 1. The number of amides is 2. The molecule has 0 spiro atoms. The summed E-state index contributed by atoms with van der Waals surface area (Å²) < 4.78 is 10.0. The molecule has 0 saturated carbocycles. The van der Waals surface area contributed by atoms with Crippen LogP contribution in [0, 0.1) is 0 Å². The quantitative estimate of drug-likeness (QED) is 0.611. The van der Waals surface area contributed by atoms with Crippen LogP contribution < -0.4 is 21.5 Å². The zero-order chi connectivity index (χ0) is 20.6. The molecule has 2 amide bonds. The van der Waals surface area contributed by atoms with Gasteiger partial charge in [-0.3, -0.25) is 9.59 Å². The number of anilines is 2. The van der Waals surface area contributed by atoms with Gasteiger partial charge in [0.25, 0.3) is 5.56 Å². The number of nitrogens with two attached hydrogens (primary N) is 1. The first kappa shape index (κ1) is 20.3. The van der Waals surface area contributed by atoms with Crippen LogP contribution >= 0.6 is 0 Å². The second-order valence-corrected chi connectivity index (χ2v) is 6.49. The second-order valence-electron chi connectivity index (χ2n) is 6.49. The molecule has 10 heteroatoms. The van der Waals surface area contributed by atoms with Gasteiger partial charge in [0, 0.05) is 31.3 Å². The summed E-state index contributed by atoms with van der Waals surface area (Å²) in [6, 6.07) is 8.59. The van der Waals surface area contributed by atoms with Crippen LogP contribution in [0.3, 0.4) is 0 Å². The molecule has 0 atom stereocenters. The average Bonchev–Trinajstić information content (AvgIpc) is 2.68. The Morgan fingerprint density at radius 3 is 2.83 bits per heavy atom.